The minimum absolute atomic E-state index is 0.0101. The molecule has 0 saturated carbocycles. The van der Waals surface area contributed by atoms with Crippen LogP contribution in [0.1, 0.15) is 11.3 Å². The van der Waals surface area contributed by atoms with E-state index in [0.717, 1.165) is 11.3 Å². The molecule has 17 heavy (non-hydrogen) atoms. The van der Waals surface area contributed by atoms with E-state index in [1.54, 1.807) is 18.6 Å². The Morgan fingerprint density at radius 2 is 2.41 bits per heavy atom. The van der Waals surface area contributed by atoms with E-state index in [1.165, 1.54) is 15.6 Å². The van der Waals surface area contributed by atoms with Gasteiger partial charge in [0.05, 0.1) is 16.9 Å². The first-order chi connectivity index (χ1) is 8.07. The number of hydrogen-bond acceptors (Lipinski definition) is 4. The molecule has 0 bridgehead atoms. The summed E-state index contributed by atoms with van der Waals surface area (Å²) in [6.07, 6.45) is 0.762. The van der Waals surface area contributed by atoms with Gasteiger partial charge in [0.2, 0.25) is 10.0 Å². The first-order valence-electron chi connectivity index (χ1n) is 5.24. The number of ether oxygens (including phenoxy) is 1. The third-order valence-corrected chi connectivity index (χ3v) is 6.22. The molecule has 7 heteroatoms. The van der Waals surface area contributed by atoms with Crippen LogP contribution < -0.4 is 0 Å². The standard InChI is InChI=1S/C10H14ClNO3S2/c1-15-8-2-3-12(6-8)17(13,14)10-4-9(5-11)16-7-10/h4,7-8H,2-3,5-6H2,1H3. The number of halogens is 1. The van der Waals surface area contributed by atoms with Gasteiger partial charge in [-0.3, -0.25) is 0 Å². The predicted molar refractivity (Wildman–Crippen MR) is 68.0 cm³/mol. The fourth-order valence-corrected chi connectivity index (χ4v) is 4.69. The van der Waals surface area contributed by atoms with Crippen LogP contribution >= 0.6 is 22.9 Å². The SMILES string of the molecule is COC1CCN(S(=O)(=O)c2csc(CCl)c2)C1. The Kier molecular flexibility index (Phi) is 4.10. The maximum absolute atomic E-state index is 12.3. The minimum atomic E-state index is -3.37. The molecule has 2 heterocycles. The summed E-state index contributed by atoms with van der Waals surface area (Å²) in [6, 6.07) is 1.65. The number of nitrogens with zero attached hydrogens (tertiary/aromatic N) is 1. The first kappa shape index (κ1) is 13.3. The Balaban J connectivity index is 2.19. The highest BCUT2D eigenvalue weighted by Gasteiger charge is 2.32. The lowest BCUT2D eigenvalue weighted by Crippen LogP contribution is -2.29. The molecule has 1 atom stereocenters. The second-order valence-electron chi connectivity index (χ2n) is 3.89. The van der Waals surface area contributed by atoms with E-state index >= 15 is 0 Å². The molecule has 1 unspecified atom stereocenters. The summed E-state index contributed by atoms with van der Waals surface area (Å²) in [5, 5.41) is 1.65. The van der Waals surface area contributed by atoms with Crippen molar-refractivity contribution in [3.05, 3.63) is 16.3 Å². The highest BCUT2D eigenvalue weighted by atomic mass is 35.5. The van der Waals surface area contributed by atoms with Crippen molar-refractivity contribution in [3.8, 4) is 0 Å². The summed E-state index contributed by atoms with van der Waals surface area (Å²) in [4.78, 5) is 1.21. The fraction of sp³-hybridized carbons (Fsp3) is 0.600. The van der Waals surface area contributed by atoms with E-state index in [9.17, 15) is 8.42 Å². The lowest BCUT2D eigenvalue weighted by atomic mass is 10.3. The van der Waals surface area contributed by atoms with E-state index in [0.29, 0.717) is 23.9 Å². The van der Waals surface area contributed by atoms with Crippen LogP contribution in [0, 0.1) is 0 Å². The minimum Gasteiger partial charge on any atom is -0.380 e. The number of methoxy groups -OCH3 is 1. The Morgan fingerprint density at radius 3 is 2.94 bits per heavy atom. The van der Waals surface area contributed by atoms with Crippen molar-refractivity contribution in [1.29, 1.82) is 0 Å². The van der Waals surface area contributed by atoms with Crippen LogP contribution in [-0.2, 0) is 20.6 Å². The number of alkyl halides is 1. The maximum Gasteiger partial charge on any atom is 0.243 e. The molecule has 1 aromatic rings. The molecule has 1 aliphatic heterocycles. The van der Waals surface area contributed by atoms with E-state index in [4.69, 9.17) is 16.3 Å². The molecule has 1 aromatic heterocycles. The molecule has 0 N–H and O–H groups in total. The average molecular weight is 296 g/mol. The summed E-state index contributed by atoms with van der Waals surface area (Å²) in [7, 11) is -1.76. The van der Waals surface area contributed by atoms with Crippen LogP contribution in [0.5, 0.6) is 0 Å². The van der Waals surface area contributed by atoms with Crippen LogP contribution in [0.4, 0.5) is 0 Å². The topological polar surface area (TPSA) is 46.6 Å². The molecule has 1 aliphatic rings. The third kappa shape index (κ3) is 2.66. The Hall–Kier alpha value is -0.140. The van der Waals surface area contributed by atoms with Crippen molar-refractivity contribution in [1.82, 2.24) is 4.31 Å². The quantitative estimate of drug-likeness (QED) is 0.797. The number of rotatable bonds is 4. The summed E-state index contributed by atoms with van der Waals surface area (Å²) < 4.78 is 31.2. The van der Waals surface area contributed by atoms with Crippen LogP contribution in [0.2, 0.25) is 0 Å². The van der Waals surface area contributed by atoms with Gasteiger partial charge in [0.25, 0.3) is 0 Å². The van der Waals surface area contributed by atoms with E-state index in [1.807, 2.05) is 0 Å². The monoisotopic (exact) mass is 295 g/mol. The zero-order chi connectivity index (χ0) is 12.5. The molecule has 0 amide bonds. The van der Waals surface area contributed by atoms with Crippen molar-refractivity contribution in [2.24, 2.45) is 0 Å². The van der Waals surface area contributed by atoms with Crippen molar-refractivity contribution in [3.63, 3.8) is 0 Å². The van der Waals surface area contributed by atoms with Crippen LogP contribution in [-0.4, -0.2) is 39.0 Å². The molecule has 1 saturated heterocycles. The van der Waals surface area contributed by atoms with Gasteiger partial charge in [-0.2, -0.15) is 4.31 Å². The number of sulfonamides is 1. The molecule has 1 fully saturated rings. The highest BCUT2D eigenvalue weighted by Crippen LogP contribution is 2.26. The fourth-order valence-electron chi connectivity index (χ4n) is 1.82. The summed E-state index contributed by atoms with van der Waals surface area (Å²) in [6.45, 7) is 0.956. The van der Waals surface area contributed by atoms with E-state index < -0.39 is 10.0 Å². The summed E-state index contributed by atoms with van der Waals surface area (Å²) >= 11 is 7.05. The van der Waals surface area contributed by atoms with Crippen molar-refractivity contribution < 1.29 is 13.2 Å². The Bertz CT molecular complexity index is 485. The molecule has 0 aliphatic carbocycles. The molecule has 0 aromatic carbocycles. The second kappa shape index (κ2) is 5.24. The molecule has 96 valence electrons. The van der Waals surface area contributed by atoms with Crippen molar-refractivity contribution >= 4 is 33.0 Å². The van der Waals surface area contributed by atoms with Gasteiger partial charge >= 0.3 is 0 Å². The largest absolute Gasteiger partial charge is 0.380 e. The zero-order valence-corrected chi connectivity index (χ0v) is 11.8. The van der Waals surface area contributed by atoms with Crippen LogP contribution in [0.25, 0.3) is 0 Å². The van der Waals surface area contributed by atoms with Gasteiger partial charge in [-0.15, -0.1) is 22.9 Å². The third-order valence-electron chi connectivity index (χ3n) is 2.84. The first-order valence-corrected chi connectivity index (χ1v) is 8.09. The van der Waals surface area contributed by atoms with E-state index in [2.05, 4.69) is 0 Å². The maximum atomic E-state index is 12.3. The van der Waals surface area contributed by atoms with Gasteiger partial charge in [-0.05, 0) is 12.5 Å². The van der Waals surface area contributed by atoms with Gasteiger partial charge in [0.1, 0.15) is 0 Å². The molecular formula is C10H14ClNO3S2. The number of hydrogen-bond donors (Lipinski definition) is 0. The van der Waals surface area contributed by atoms with Gasteiger partial charge in [0, 0.05) is 30.5 Å². The zero-order valence-electron chi connectivity index (χ0n) is 9.43. The Morgan fingerprint density at radius 1 is 1.65 bits per heavy atom. The average Bonchev–Trinajstić information content (AvgIpc) is 2.98. The highest BCUT2D eigenvalue weighted by molar-refractivity contribution is 7.89. The molecule has 2 rings (SSSR count). The molecule has 4 nitrogen and oxygen atoms in total. The summed E-state index contributed by atoms with van der Waals surface area (Å²) in [5.74, 6) is 0.348. The Labute approximate surface area is 110 Å². The van der Waals surface area contributed by atoms with Crippen LogP contribution in [0.3, 0.4) is 0 Å². The van der Waals surface area contributed by atoms with Gasteiger partial charge in [0.15, 0.2) is 0 Å². The normalized spacial score (nSPS) is 22.1. The van der Waals surface area contributed by atoms with Gasteiger partial charge in [-0.1, -0.05) is 0 Å². The van der Waals surface area contributed by atoms with Crippen molar-refractivity contribution in [2.45, 2.75) is 23.3 Å². The smallest absolute Gasteiger partial charge is 0.243 e. The lowest BCUT2D eigenvalue weighted by molar-refractivity contribution is 0.115. The number of thiophene rings is 1. The molecular weight excluding hydrogens is 282 g/mol. The van der Waals surface area contributed by atoms with Gasteiger partial charge < -0.3 is 4.74 Å². The van der Waals surface area contributed by atoms with Crippen LogP contribution in [0.15, 0.2) is 16.3 Å². The second-order valence-corrected chi connectivity index (χ2v) is 7.09. The van der Waals surface area contributed by atoms with Gasteiger partial charge in [-0.25, -0.2) is 8.42 Å². The molecule has 0 radical (unpaired) electrons. The molecule has 0 spiro atoms. The summed E-state index contributed by atoms with van der Waals surface area (Å²) in [5.41, 5.74) is 0. The van der Waals surface area contributed by atoms with E-state index in [-0.39, 0.29) is 6.10 Å². The predicted octanol–water partition coefficient (Wildman–Crippen LogP) is 1.90. The van der Waals surface area contributed by atoms with Crippen molar-refractivity contribution in [2.75, 3.05) is 20.2 Å². The lowest BCUT2D eigenvalue weighted by Gasteiger charge is -2.14.